The van der Waals surface area contributed by atoms with E-state index in [-0.39, 0.29) is 0 Å². The van der Waals surface area contributed by atoms with Crippen molar-refractivity contribution in [1.29, 1.82) is 0 Å². The fraction of sp³-hybridized carbons (Fsp3) is 0.125. The SMILES string of the molecule is Cn1ncc(C=O)c1-n1cnc(I)c1I. The first-order chi connectivity index (χ1) is 7.15. The molecule has 0 saturated heterocycles. The number of imidazole rings is 1. The average molecular weight is 428 g/mol. The molecule has 0 N–H and O–H groups in total. The molecule has 0 radical (unpaired) electrons. The van der Waals surface area contributed by atoms with Crippen LogP contribution >= 0.6 is 45.2 Å². The number of nitrogens with zero attached hydrogens (tertiary/aromatic N) is 4. The summed E-state index contributed by atoms with van der Waals surface area (Å²) in [5.41, 5.74) is 0.559. The van der Waals surface area contributed by atoms with E-state index in [9.17, 15) is 4.79 Å². The smallest absolute Gasteiger partial charge is 0.155 e. The van der Waals surface area contributed by atoms with Gasteiger partial charge in [-0.15, -0.1) is 0 Å². The minimum atomic E-state index is 0.559. The minimum Gasteiger partial charge on any atom is -0.298 e. The molecule has 0 unspecified atom stereocenters. The van der Waals surface area contributed by atoms with Gasteiger partial charge in [0.25, 0.3) is 0 Å². The topological polar surface area (TPSA) is 52.7 Å². The maximum atomic E-state index is 10.8. The Balaban J connectivity index is 2.67. The van der Waals surface area contributed by atoms with E-state index in [1.807, 2.05) is 4.57 Å². The maximum Gasteiger partial charge on any atom is 0.155 e. The molecule has 0 spiro atoms. The Morgan fingerprint density at radius 2 is 2.20 bits per heavy atom. The van der Waals surface area contributed by atoms with Gasteiger partial charge in [-0.05, 0) is 45.2 Å². The van der Waals surface area contributed by atoms with Gasteiger partial charge in [-0.25, -0.2) is 4.98 Å². The van der Waals surface area contributed by atoms with Crippen molar-refractivity contribution in [1.82, 2.24) is 19.3 Å². The summed E-state index contributed by atoms with van der Waals surface area (Å²) in [6.07, 6.45) is 4.03. The van der Waals surface area contributed by atoms with E-state index in [4.69, 9.17) is 0 Å². The molecule has 0 amide bonds. The van der Waals surface area contributed by atoms with Crippen molar-refractivity contribution in [3.63, 3.8) is 0 Å². The molecule has 0 aliphatic rings. The summed E-state index contributed by atoms with van der Waals surface area (Å²) in [7, 11) is 1.80. The van der Waals surface area contributed by atoms with Gasteiger partial charge < -0.3 is 0 Å². The Morgan fingerprint density at radius 1 is 1.47 bits per heavy atom. The summed E-state index contributed by atoms with van der Waals surface area (Å²) < 4.78 is 5.38. The zero-order valence-electron chi connectivity index (χ0n) is 7.69. The highest BCUT2D eigenvalue weighted by Gasteiger charge is 2.14. The largest absolute Gasteiger partial charge is 0.298 e. The van der Waals surface area contributed by atoms with Crippen molar-refractivity contribution in [2.45, 2.75) is 0 Å². The van der Waals surface area contributed by atoms with Crippen LogP contribution in [0.3, 0.4) is 0 Å². The molecule has 2 aromatic rings. The Bertz CT molecular complexity index is 517. The first-order valence-corrected chi connectivity index (χ1v) is 6.16. The number of aryl methyl sites for hydroxylation is 1. The Labute approximate surface area is 113 Å². The molecule has 5 nitrogen and oxygen atoms in total. The number of rotatable bonds is 2. The molecule has 2 aromatic heterocycles. The molecular weight excluding hydrogens is 422 g/mol. The van der Waals surface area contributed by atoms with E-state index >= 15 is 0 Å². The van der Waals surface area contributed by atoms with Crippen molar-refractivity contribution in [3.8, 4) is 5.82 Å². The van der Waals surface area contributed by atoms with E-state index < -0.39 is 0 Å². The molecule has 0 aromatic carbocycles. The number of carbonyl (C=O) groups is 1. The molecule has 2 heterocycles. The summed E-state index contributed by atoms with van der Waals surface area (Å²) in [6, 6.07) is 0. The van der Waals surface area contributed by atoms with Crippen LogP contribution in [-0.4, -0.2) is 25.6 Å². The highest BCUT2D eigenvalue weighted by Crippen LogP contribution is 2.19. The van der Waals surface area contributed by atoms with Crippen LogP contribution in [0.2, 0.25) is 0 Å². The summed E-state index contributed by atoms with van der Waals surface area (Å²) >= 11 is 4.33. The molecule has 2 rings (SSSR count). The number of aldehydes is 1. The van der Waals surface area contributed by atoms with Crippen LogP contribution in [0, 0.1) is 7.40 Å². The van der Waals surface area contributed by atoms with Gasteiger partial charge in [-0.3, -0.25) is 14.0 Å². The first-order valence-electron chi connectivity index (χ1n) is 4.01. The van der Waals surface area contributed by atoms with Crippen LogP contribution in [0.1, 0.15) is 10.4 Å². The summed E-state index contributed by atoms with van der Waals surface area (Å²) in [4.78, 5) is 15.0. The first kappa shape index (κ1) is 11.0. The number of halogens is 2. The number of carbonyl (C=O) groups excluding carboxylic acids is 1. The molecular formula is C8H6I2N4O. The highest BCUT2D eigenvalue weighted by atomic mass is 127. The number of hydrogen-bond donors (Lipinski definition) is 0. The van der Waals surface area contributed by atoms with E-state index in [1.54, 1.807) is 24.3 Å². The van der Waals surface area contributed by atoms with E-state index in [1.165, 1.54) is 0 Å². The van der Waals surface area contributed by atoms with Gasteiger partial charge in [0, 0.05) is 7.05 Å². The lowest BCUT2D eigenvalue weighted by Gasteiger charge is -2.05. The van der Waals surface area contributed by atoms with Gasteiger partial charge >= 0.3 is 0 Å². The molecule has 0 bridgehead atoms. The van der Waals surface area contributed by atoms with Crippen LogP contribution < -0.4 is 0 Å². The lowest BCUT2D eigenvalue weighted by molar-refractivity contribution is 0.112. The average Bonchev–Trinajstić information content (AvgIpc) is 2.73. The fourth-order valence-corrected chi connectivity index (χ4v) is 2.16. The van der Waals surface area contributed by atoms with Gasteiger partial charge in [0.2, 0.25) is 0 Å². The quantitative estimate of drug-likeness (QED) is 0.540. The van der Waals surface area contributed by atoms with Crippen LogP contribution in [0.5, 0.6) is 0 Å². The Hall–Kier alpha value is -0.450. The van der Waals surface area contributed by atoms with Gasteiger partial charge in [-0.2, -0.15) is 5.10 Å². The molecule has 0 saturated carbocycles. The number of aromatic nitrogens is 4. The number of hydrogen-bond acceptors (Lipinski definition) is 3. The predicted octanol–water partition coefficient (Wildman–Crippen LogP) is 1.63. The zero-order chi connectivity index (χ0) is 11.0. The third-order valence-electron chi connectivity index (χ3n) is 1.96. The Kier molecular flexibility index (Phi) is 3.09. The normalized spacial score (nSPS) is 10.6. The van der Waals surface area contributed by atoms with Gasteiger partial charge in [0.05, 0.1) is 11.8 Å². The molecule has 0 fully saturated rings. The molecule has 0 aliphatic carbocycles. The van der Waals surface area contributed by atoms with Crippen LogP contribution in [-0.2, 0) is 7.05 Å². The van der Waals surface area contributed by atoms with Crippen LogP contribution in [0.25, 0.3) is 5.82 Å². The standard InChI is InChI=1S/C8H6I2N4O/c1-13-8(5(3-15)2-12-13)14-4-11-6(9)7(14)10/h2-4H,1H3. The fourth-order valence-electron chi connectivity index (χ4n) is 1.29. The van der Waals surface area contributed by atoms with Crippen molar-refractivity contribution < 1.29 is 4.79 Å². The lowest BCUT2D eigenvalue weighted by Crippen LogP contribution is -2.05. The van der Waals surface area contributed by atoms with Crippen LogP contribution in [0.15, 0.2) is 12.5 Å². The zero-order valence-corrected chi connectivity index (χ0v) is 12.0. The third kappa shape index (κ3) is 1.82. The minimum absolute atomic E-state index is 0.559. The molecule has 78 valence electrons. The van der Waals surface area contributed by atoms with Crippen molar-refractivity contribution in [2.24, 2.45) is 7.05 Å². The third-order valence-corrected chi connectivity index (χ3v) is 4.81. The second kappa shape index (κ2) is 4.20. The Morgan fingerprint density at radius 3 is 2.73 bits per heavy atom. The van der Waals surface area contributed by atoms with Gasteiger partial charge in [-0.1, -0.05) is 0 Å². The molecule has 15 heavy (non-hydrogen) atoms. The molecule has 7 heteroatoms. The van der Waals surface area contributed by atoms with E-state index in [0.29, 0.717) is 5.56 Å². The van der Waals surface area contributed by atoms with Crippen molar-refractivity contribution >= 4 is 51.5 Å². The lowest BCUT2D eigenvalue weighted by atomic mass is 10.3. The summed E-state index contributed by atoms with van der Waals surface area (Å²) in [6.45, 7) is 0. The second-order valence-electron chi connectivity index (χ2n) is 2.86. The predicted molar refractivity (Wildman–Crippen MR) is 71.2 cm³/mol. The molecule has 0 atom stereocenters. The summed E-state index contributed by atoms with van der Waals surface area (Å²) in [5.74, 6) is 0.741. The maximum absolute atomic E-state index is 10.8. The monoisotopic (exact) mass is 428 g/mol. The van der Waals surface area contributed by atoms with Crippen molar-refractivity contribution in [3.05, 3.63) is 25.5 Å². The van der Waals surface area contributed by atoms with Crippen molar-refractivity contribution in [2.75, 3.05) is 0 Å². The van der Waals surface area contributed by atoms with E-state index in [0.717, 1.165) is 19.5 Å². The van der Waals surface area contributed by atoms with Gasteiger partial charge in [0.1, 0.15) is 19.5 Å². The van der Waals surface area contributed by atoms with Gasteiger partial charge in [0.15, 0.2) is 6.29 Å². The highest BCUT2D eigenvalue weighted by molar-refractivity contribution is 14.1. The summed E-state index contributed by atoms with van der Waals surface area (Å²) in [5, 5.41) is 4.05. The van der Waals surface area contributed by atoms with Crippen LogP contribution in [0.4, 0.5) is 0 Å². The van der Waals surface area contributed by atoms with E-state index in [2.05, 4.69) is 55.3 Å². The molecule has 0 aliphatic heterocycles. The second-order valence-corrected chi connectivity index (χ2v) is 4.90.